The second kappa shape index (κ2) is 13.1. The Morgan fingerprint density at radius 1 is 0.884 bits per heavy atom. The maximum Gasteiger partial charge on any atom is 0.251 e. The zero-order valence-corrected chi connectivity index (χ0v) is 24.2. The van der Waals surface area contributed by atoms with Crippen molar-refractivity contribution in [1.29, 1.82) is 0 Å². The van der Waals surface area contributed by atoms with E-state index < -0.39 is 6.04 Å². The lowest BCUT2D eigenvalue weighted by Gasteiger charge is -2.32. The molecule has 43 heavy (non-hydrogen) atoms. The third-order valence-electron chi connectivity index (χ3n) is 7.48. The molecule has 1 atom stereocenters. The molecule has 2 heterocycles. The third kappa shape index (κ3) is 6.69. The van der Waals surface area contributed by atoms with Gasteiger partial charge in [-0.15, -0.1) is 5.10 Å². The highest BCUT2D eigenvalue weighted by Gasteiger charge is 2.32. The number of nitrogens with one attached hydrogen (secondary N) is 1. The van der Waals surface area contributed by atoms with Gasteiger partial charge in [-0.1, -0.05) is 71.4 Å². The van der Waals surface area contributed by atoms with Gasteiger partial charge >= 0.3 is 0 Å². The smallest absolute Gasteiger partial charge is 0.251 e. The maximum atomic E-state index is 14.1. The lowest BCUT2D eigenvalue weighted by Crippen LogP contribution is -2.42. The highest BCUT2D eigenvalue weighted by atomic mass is 35.5. The number of hydrogen-bond acceptors (Lipinski definition) is 6. The number of rotatable bonds is 9. The molecule has 4 aromatic carbocycles. The van der Waals surface area contributed by atoms with Crippen LogP contribution in [0.1, 0.15) is 17.2 Å². The van der Waals surface area contributed by atoms with Crippen LogP contribution in [0.4, 0.5) is 11.4 Å². The molecule has 0 aliphatic carbocycles. The Balaban J connectivity index is 1.32. The van der Waals surface area contributed by atoms with Gasteiger partial charge in [0.1, 0.15) is 18.1 Å². The van der Waals surface area contributed by atoms with Crippen LogP contribution in [0.3, 0.4) is 0 Å². The first kappa shape index (κ1) is 28.4. The quantitative estimate of drug-likeness (QED) is 0.248. The summed E-state index contributed by atoms with van der Waals surface area (Å²) >= 11 is 6.22. The molecular formula is C33H31ClN6O3. The van der Waals surface area contributed by atoms with Gasteiger partial charge in [-0.3, -0.25) is 9.59 Å². The molecule has 0 spiro atoms. The van der Waals surface area contributed by atoms with Crippen molar-refractivity contribution < 1.29 is 14.3 Å². The average molecular weight is 595 g/mol. The van der Waals surface area contributed by atoms with E-state index in [0.717, 1.165) is 29.9 Å². The third-order valence-corrected chi connectivity index (χ3v) is 7.73. The van der Waals surface area contributed by atoms with Crippen LogP contribution < -0.4 is 10.2 Å². The van der Waals surface area contributed by atoms with Crippen molar-refractivity contribution in [3.05, 3.63) is 119 Å². The first-order valence-corrected chi connectivity index (χ1v) is 14.5. The van der Waals surface area contributed by atoms with Crippen LogP contribution in [0.25, 0.3) is 11.0 Å². The Morgan fingerprint density at radius 3 is 2.33 bits per heavy atom. The predicted molar refractivity (Wildman–Crippen MR) is 167 cm³/mol. The van der Waals surface area contributed by atoms with Gasteiger partial charge in [0.05, 0.1) is 18.7 Å². The van der Waals surface area contributed by atoms with Gasteiger partial charge in [0.15, 0.2) is 0 Å². The second-order valence-electron chi connectivity index (χ2n) is 10.3. The van der Waals surface area contributed by atoms with E-state index in [1.54, 1.807) is 33.8 Å². The van der Waals surface area contributed by atoms with Gasteiger partial charge in [-0.25, -0.2) is 4.68 Å². The number of ether oxygens (including phenoxy) is 1. The number of halogens is 1. The summed E-state index contributed by atoms with van der Waals surface area (Å²) in [7, 11) is 0. The fourth-order valence-electron chi connectivity index (χ4n) is 5.26. The lowest BCUT2D eigenvalue weighted by molar-refractivity contribution is -0.140. The Hall–Kier alpha value is -4.73. The van der Waals surface area contributed by atoms with Crippen molar-refractivity contribution in [2.24, 2.45) is 0 Å². The summed E-state index contributed by atoms with van der Waals surface area (Å²) in [5.41, 5.74) is 4.66. The zero-order valence-electron chi connectivity index (χ0n) is 23.5. The normalized spacial score (nSPS) is 13.9. The summed E-state index contributed by atoms with van der Waals surface area (Å²) in [6.45, 7) is 3.15. The number of para-hydroxylation sites is 1. The minimum Gasteiger partial charge on any atom is -0.378 e. The molecule has 1 aliphatic heterocycles. The molecule has 10 heteroatoms. The molecule has 6 rings (SSSR count). The number of fused-ring (bicyclic) bond motifs is 1. The molecule has 218 valence electrons. The number of benzene rings is 4. The summed E-state index contributed by atoms with van der Waals surface area (Å²) in [4.78, 5) is 32.1. The molecule has 0 saturated carbocycles. The first-order valence-electron chi connectivity index (χ1n) is 14.2. The SMILES string of the molecule is O=C(Nc1ccc(N2CCOCC2)cc1)C(c1ccc(Cl)cc1)N(Cc1ccccc1)C(=O)Cn1nnc2ccccc21. The molecule has 9 nitrogen and oxygen atoms in total. The molecule has 1 aliphatic rings. The van der Waals surface area contributed by atoms with Crippen molar-refractivity contribution in [3.63, 3.8) is 0 Å². The van der Waals surface area contributed by atoms with Crippen molar-refractivity contribution in [1.82, 2.24) is 19.9 Å². The molecular weight excluding hydrogens is 564 g/mol. The molecule has 1 fully saturated rings. The average Bonchev–Trinajstić information content (AvgIpc) is 3.45. The van der Waals surface area contributed by atoms with Gasteiger partial charge in [0.25, 0.3) is 5.91 Å². The van der Waals surface area contributed by atoms with Crippen molar-refractivity contribution in [2.75, 3.05) is 36.5 Å². The highest BCUT2D eigenvalue weighted by molar-refractivity contribution is 6.30. The van der Waals surface area contributed by atoms with Crippen LogP contribution in [0.15, 0.2) is 103 Å². The molecule has 0 radical (unpaired) electrons. The van der Waals surface area contributed by atoms with E-state index >= 15 is 0 Å². The van der Waals surface area contributed by atoms with Crippen LogP contribution in [-0.2, 0) is 27.4 Å². The predicted octanol–water partition coefficient (Wildman–Crippen LogP) is 5.33. The molecule has 2 amide bonds. The van der Waals surface area contributed by atoms with Crippen LogP contribution in [0.2, 0.25) is 5.02 Å². The molecule has 1 saturated heterocycles. The van der Waals surface area contributed by atoms with E-state index in [0.29, 0.717) is 35.0 Å². The number of hydrogen-bond donors (Lipinski definition) is 1. The standard InChI is InChI=1S/C33H31ClN6O3/c34-26-12-10-25(11-13-26)32(33(42)35-27-14-16-28(17-15-27)38-18-20-43-21-19-38)39(22-24-6-2-1-3-7-24)31(41)23-40-30-9-5-4-8-29(30)36-37-40/h1-17,32H,18-23H2,(H,35,42). The molecule has 0 bridgehead atoms. The lowest BCUT2D eigenvalue weighted by atomic mass is 10.0. The van der Waals surface area contributed by atoms with Crippen molar-refractivity contribution in [2.45, 2.75) is 19.1 Å². The van der Waals surface area contributed by atoms with E-state index in [2.05, 4.69) is 20.5 Å². The number of amides is 2. The fraction of sp³-hybridized carbons (Fsp3) is 0.212. The molecule has 1 unspecified atom stereocenters. The number of nitrogens with zero attached hydrogens (tertiary/aromatic N) is 5. The summed E-state index contributed by atoms with van der Waals surface area (Å²) in [6, 6.07) is 30.9. The minimum atomic E-state index is -0.946. The summed E-state index contributed by atoms with van der Waals surface area (Å²) in [5, 5.41) is 12.0. The monoisotopic (exact) mass is 594 g/mol. The van der Waals surface area contributed by atoms with Crippen molar-refractivity contribution in [3.8, 4) is 0 Å². The van der Waals surface area contributed by atoms with Gasteiger partial charge < -0.3 is 19.9 Å². The maximum absolute atomic E-state index is 14.1. The summed E-state index contributed by atoms with van der Waals surface area (Å²) < 4.78 is 7.03. The van der Waals surface area contributed by atoms with Crippen LogP contribution in [0.5, 0.6) is 0 Å². The molecule has 1 N–H and O–H groups in total. The Morgan fingerprint density at radius 2 is 1.58 bits per heavy atom. The number of aromatic nitrogens is 3. The Kier molecular flexibility index (Phi) is 8.62. The van der Waals surface area contributed by atoms with Crippen LogP contribution in [0, 0.1) is 0 Å². The number of anilines is 2. The van der Waals surface area contributed by atoms with Crippen molar-refractivity contribution >= 4 is 45.8 Å². The minimum absolute atomic E-state index is 0.0844. The topological polar surface area (TPSA) is 92.6 Å². The first-order chi connectivity index (χ1) is 21.0. The second-order valence-corrected chi connectivity index (χ2v) is 10.8. The van der Waals surface area contributed by atoms with E-state index in [4.69, 9.17) is 16.3 Å². The van der Waals surface area contributed by atoms with Gasteiger partial charge in [-0.05, 0) is 59.7 Å². The summed E-state index contributed by atoms with van der Waals surface area (Å²) in [5.74, 6) is -0.619. The Bertz CT molecular complexity index is 1690. The number of carbonyl (C=O) groups excluding carboxylic acids is 2. The zero-order chi connectivity index (χ0) is 29.6. The molecule has 1 aromatic heterocycles. The number of carbonyl (C=O) groups is 2. The van der Waals surface area contributed by atoms with E-state index in [9.17, 15) is 9.59 Å². The van der Waals surface area contributed by atoms with Gasteiger partial charge in [0.2, 0.25) is 5.91 Å². The summed E-state index contributed by atoms with van der Waals surface area (Å²) in [6.07, 6.45) is 0. The van der Waals surface area contributed by atoms with Crippen LogP contribution >= 0.6 is 11.6 Å². The van der Waals surface area contributed by atoms with Gasteiger partial charge in [-0.2, -0.15) is 0 Å². The van der Waals surface area contributed by atoms with Crippen LogP contribution in [-0.4, -0.2) is 58.0 Å². The largest absolute Gasteiger partial charge is 0.378 e. The molecule has 5 aromatic rings. The number of morpholine rings is 1. The van der Waals surface area contributed by atoms with E-state index in [1.165, 1.54) is 0 Å². The highest BCUT2D eigenvalue weighted by Crippen LogP contribution is 2.28. The van der Waals surface area contributed by atoms with E-state index in [-0.39, 0.29) is 24.9 Å². The Labute approximate surface area is 254 Å². The van der Waals surface area contributed by atoms with Gasteiger partial charge in [0, 0.05) is 36.0 Å². The fourth-order valence-corrected chi connectivity index (χ4v) is 5.39. The van der Waals surface area contributed by atoms with E-state index in [1.807, 2.05) is 78.9 Å².